The van der Waals surface area contributed by atoms with Crippen LogP contribution in [-0.2, 0) is 13.2 Å². The van der Waals surface area contributed by atoms with Crippen LogP contribution < -0.4 is 20.6 Å². The number of benzene rings is 3. The summed E-state index contributed by atoms with van der Waals surface area (Å²) >= 11 is 0. The molecule has 4 N–H and O–H groups in total. The van der Waals surface area contributed by atoms with Crippen LogP contribution in [0, 0.1) is 5.82 Å². The lowest BCUT2D eigenvalue weighted by Gasteiger charge is -2.12. The number of nitrogen functional groups attached to an aromatic ring is 1. The van der Waals surface area contributed by atoms with Gasteiger partial charge in [-0.2, -0.15) is 10.2 Å². The third kappa shape index (κ3) is 6.50. The molecule has 0 aliphatic heterocycles. The minimum absolute atomic E-state index is 0.0939. The molecule has 0 saturated heterocycles. The molecule has 0 fully saturated rings. The molecule has 1 heterocycles. The molecule has 0 aliphatic rings. The SMILES string of the molecule is COc1ccc(/C=N\NC(=O)c2cnn(CC(O)c3ccccc3)c2N)cc1OCc1cccc(F)c1. The Morgan fingerprint density at radius 3 is 2.73 bits per heavy atom. The van der Waals surface area contributed by atoms with Gasteiger partial charge in [-0.1, -0.05) is 42.5 Å². The topological polar surface area (TPSA) is 124 Å². The Kier molecular flexibility index (Phi) is 8.11. The fraction of sp³-hybridized carbons (Fsp3) is 0.148. The Hall–Kier alpha value is -4.70. The van der Waals surface area contributed by atoms with E-state index in [1.807, 2.05) is 18.2 Å². The summed E-state index contributed by atoms with van der Waals surface area (Å²) < 4.78 is 25.9. The average molecular weight is 504 g/mol. The van der Waals surface area contributed by atoms with Crippen LogP contribution in [0.1, 0.15) is 33.2 Å². The number of amides is 1. The molecule has 1 atom stereocenters. The first-order valence-corrected chi connectivity index (χ1v) is 11.4. The largest absolute Gasteiger partial charge is 0.493 e. The van der Waals surface area contributed by atoms with Crippen LogP contribution >= 0.6 is 0 Å². The van der Waals surface area contributed by atoms with Crippen molar-refractivity contribution in [2.45, 2.75) is 19.3 Å². The maximum absolute atomic E-state index is 13.4. The highest BCUT2D eigenvalue weighted by Crippen LogP contribution is 2.28. The number of nitrogens with two attached hydrogens (primary N) is 1. The van der Waals surface area contributed by atoms with Crippen molar-refractivity contribution in [3.63, 3.8) is 0 Å². The summed E-state index contributed by atoms with van der Waals surface area (Å²) in [6, 6.07) is 20.3. The van der Waals surface area contributed by atoms with Crippen LogP contribution in [0.15, 0.2) is 84.1 Å². The van der Waals surface area contributed by atoms with Crippen LogP contribution in [0.3, 0.4) is 0 Å². The first-order chi connectivity index (χ1) is 17.9. The predicted molar refractivity (Wildman–Crippen MR) is 137 cm³/mol. The molecule has 1 amide bonds. The number of hydrazone groups is 1. The molecule has 0 bridgehead atoms. The molecule has 4 rings (SSSR count). The van der Waals surface area contributed by atoms with Crippen molar-refractivity contribution in [2.75, 3.05) is 12.8 Å². The number of aliphatic hydroxyl groups excluding tert-OH is 1. The number of rotatable bonds is 10. The molecular weight excluding hydrogens is 477 g/mol. The van der Waals surface area contributed by atoms with E-state index in [1.54, 1.807) is 42.5 Å². The van der Waals surface area contributed by atoms with Crippen LogP contribution in [-0.4, -0.2) is 34.1 Å². The maximum atomic E-state index is 13.4. The van der Waals surface area contributed by atoms with Gasteiger partial charge in [0.05, 0.1) is 32.2 Å². The molecule has 1 unspecified atom stereocenters. The number of anilines is 1. The van der Waals surface area contributed by atoms with Gasteiger partial charge < -0.3 is 20.3 Å². The lowest BCUT2D eigenvalue weighted by atomic mass is 10.1. The first kappa shape index (κ1) is 25.4. The van der Waals surface area contributed by atoms with E-state index in [9.17, 15) is 14.3 Å². The summed E-state index contributed by atoms with van der Waals surface area (Å²) in [5.74, 6) is 0.147. The molecule has 0 spiro atoms. The molecule has 3 aromatic carbocycles. The number of hydrogen-bond acceptors (Lipinski definition) is 7. The summed E-state index contributed by atoms with van der Waals surface area (Å²) in [7, 11) is 1.52. The highest BCUT2D eigenvalue weighted by molar-refractivity contribution is 5.98. The van der Waals surface area contributed by atoms with E-state index in [-0.39, 0.29) is 30.4 Å². The van der Waals surface area contributed by atoms with Crippen molar-refractivity contribution >= 4 is 17.9 Å². The molecule has 0 aliphatic carbocycles. The van der Waals surface area contributed by atoms with E-state index in [1.165, 1.54) is 36.3 Å². The lowest BCUT2D eigenvalue weighted by Crippen LogP contribution is -2.19. The van der Waals surface area contributed by atoms with E-state index in [0.29, 0.717) is 28.2 Å². The van der Waals surface area contributed by atoms with Crippen LogP contribution in [0.4, 0.5) is 10.2 Å². The first-order valence-electron chi connectivity index (χ1n) is 11.4. The Morgan fingerprint density at radius 1 is 1.16 bits per heavy atom. The zero-order valence-electron chi connectivity index (χ0n) is 20.0. The third-order valence-electron chi connectivity index (χ3n) is 5.51. The number of hydrogen-bond donors (Lipinski definition) is 3. The van der Waals surface area contributed by atoms with Gasteiger partial charge in [0.1, 0.15) is 23.8 Å². The average Bonchev–Trinajstić information content (AvgIpc) is 3.27. The van der Waals surface area contributed by atoms with Gasteiger partial charge in [0.2, 0.25) is 0 Å². The molecule has 0 saturated carbocycles. The van der Waals surface area contributed by atoms with Crippen molar-refractivity contribution in [1.29, 1.82) is 0 Å². The second-order valence-electron chi connectivity index (χ2n) is 8.08. The van der Waals surface area contributed by atoms with E-state index >= 15 is 0 Å². The van der Waals surface area contributed by atoms with Gasteiger partial charge >= 0.3 is 0 Å². The van der Waals surface area contributed by atoms with Gasteiger partial charge in [-0.15, -0.1) is 0 Å². The van der Waals surface area contributed by atoms with Crippen molar-refractivity contribution in [3.05, 3.63) is 107 Å². The Balaban J connectivity index is 1.38. The van der Waals surface area contributed by atoms with Crippen molar-refractivity contribution < 1.29 is 23.8 Å². The molecule has 190 valence electrons. The summed E-state index contributed by atoms with van der Waals surface area (Å²) in [6.07, 6.45) is 1.93. The number of nitrogens with zero attached hydrogens (tertiary/aromatic N) is 3. The molecule has 10 heteroatoms. The van der Waals surface area contributed by atoms with E-state index in [4.69, 9.17) is 15.2 Å². The molecule has 9 nitrogen and oxygen atoms in total. The highest BCUT2D eigenvalue weighted by Gasteiger charge is 2.17. The van der Waals surface area contributed by atoms with Crippen LogP contribution in [0.25, 0.3) is 0 Å². The Labute approximate surface area is 213 Å². The lowest BCUT2D eigenvalue weighted by molar-refractivity contribution is 0.0955. The monoisotopic (exact) mass is 503 g/mol. The van der Waals surface area contributed by atoms with Crippen LogP contribution in [0.2, 0.25) is 0 Å². The number of carbonyl (C=O) groups is 1. The third-order valence-corrected chi connectivity index (χ3v) is 5.51. The number of nitrogens with one attached hydrogen (secondary N) is 1. The van der Waals surface area contributed by atoms with Gasteiger partial charge in [0.15, 0.2) is 11.5 Å². The van der Waals surface area contributed by atoms with Gasteiger partial charge in [-0.25, -0.2) is 14.5 Å². The summed E-state index contributed by atoms with van der Waals surface area (Å²) in [4.78, 5) is 12.6. The van der Waals surface area contributed by atoms with Gasteiger partial charge in [0.25, 0.3) is 5.91 Å². The molecule has 0 radical (unpaired) electrons. The molecule has 37 heavy (non-hydrogen) atoms. The van der Waals surface area contributed by atoms with E-state index in [0.717, 1.165) is 0 Å². The zero-order chi connectivity index (χ0) is 26.2. The fourth-order valence-corrected chi connectivity index (χ4v) is 3.56. The number of ether oxygens (including phenoxy) is 2. The number of aromatic nitrogens is 2. The number of carbonyl (C=O) groups excluding carboxylic acids is 1. The normalized spacial score (nSPS) is 11.9. The summed E-state index contributed by atoms with van der Waals surface area (Å²) in [5.41, 5.74) is 10.6. The second kappa shape index (κ2) is 11.8. The number of aliphatic hydroxyl groups is 1. The van der Waals surface area contributed by atoms with Crippen molar-refractivity contribution in [2.24, 2.45) is 5.10 Å². The maximum Gasteiger partial charge on any atom is 0.276 e. The zero-order valence-corrected chi connectivity index (χ0v) is 20.0. The second-order valence-corrected chi connectivity index (χ2v) is 8.08. The van der Waals surface area contributed by atoms with E-state index < -0.39 is 12.0 Å². The Morgan fingerprint density at radius 2 is 1.97 bits per heavy atom. The van der Waals surface area contributed by atoms with Crippen molar-refractivity contribution in [1.82, 2.24) is 15.2 Å². The van der Waals surface area contributed by atoms with Gasteiger partial charge in [0, 0.05) is 0 Å². The summed E-state index contributed by atoms with van der Waals surface area (Å²) in [5, 5.41) is 18.5. The van der Waals surface area contributed by atoms with Crippen molar-refractivity contribution in [3.8, 4) is 11.5 Å². The van der Waals surface area contributed by atoms with Gasteiger partial charge in [-0.05, 0) is 47.0 Å². The minimum Gasteiger partial charge on any atom is -0.493 e. The minimum atomic E-state index is -0.829. The fourth-order valence-electron chi connectivity index (χ4n) is 3.56. The molecule has 1 aromatic heterocycles. The smallest absolute Gasteiger partial charge is 0.276 e. The van der Waals surface area contributed by atoms with Gasteiger partial charge in [-0.3, -0.25) is 4.79 Å². The summed E-state index contributed by atoms with van der Waals surface area (Å²) in [6.45, 7) is 0.240. The molecular formula is C27H26FN5O4. The quantitative estimate of drug-likeness (QED) is 0.224. The number of methoxy groups -OCH3 is 1. The van der Waals surface area contributed by atoms with Crippen LogP contribution in [0.5, 0.6) is 11.5 Å². The van der Waals surface area contributed by atoms with E-state index in [2.05, 4.69) is 15.6 Å². The Bertz CT molecular complexity index is 1390. The molecule has 4 aromatic rings. The predicted octanol–water partition coefficient (Wildman–Crippen LogP) is 3.69. The highest BCUT2D eigenvalue weighted by atomic mass is 19.1. The standard InChI is InChI=1S/C27H26FN5O4/c1-36-24-11-10-18(13-25(24)37-17-19-6-5-9-21(28)12-19)14-30-32-27(35)22-15-31-33(26(22)29)16-23(34)20-7-3-2-4-8-20/h2-15,23,34H,16-17,29H2,1H3,(H,32,35)/b30-14-. The number of halogens is 1.